The third-order valence-electron chi connectivity index (χ3n) is 3.28. The van der Waals surface area contributed by atoms with Crippen molar-refractivity contribution >= 4 is 17.5 Å². The van der Waals surface area contributed by atoms with Crippen LogP contribution in [0.1, 0.15) is 32.8 Å². The van der Waals surface area contributed by atoms with E-state index in [9.17, 15) is 4.79 Å². The standard InChI is InChI=1S/C18H22ClN3O3/c1-4-5-14-6-7-16(15(19)8-14)25-18-10-20-17(9-21-18)24-11-12(2)22-13(3)23/h6-10,12H,4-5,11H2,1-3H3,(H,22,23)/t12-/m0/s1. The lowest BCUT2D eigenvalue weighted by Crippen LogP contribution is -2.35. The lowest BCUT2D eigenvalue weighted by Gasteiger charge is -2.13. The van der Waals surface area contributed by atoms with E-state index in [2.05, 4.69) is 22.2 Å². The molecule has 0 saturated carbocycles. The topological polar surface area (TPSA) is 73.3 Å². The molecule has 7 heteroatoms. The van der Waals surface area contributed by atoms with Gasteiger partial charge in [-0.1, -0.05) is 31.0 Å². The molecule has 1 atom stereocenters. The number of aryl methyl sites for hydroxylation is 1. The van der Waals surface area contributed by atoms with E-state index in [-0.39, 0.29) is 11.9 Å². The Balaban J connectivity index is 1.93. The van der Waals surface area contributed by atoms with Gasteiger partial charge in [-0.05, 0) is 31.0 Å². The Hall–Kier alpha value is -2.34. The summed E-state index contributed by atoms with van der Waals surface area (Å²) in [5.41, 5.74) is 1.17. The summed E-state index contributed by atoms with van der Waals surface area (Å²) in [6.07, 6.45) is 4.97. The first-order valence-corrected chi connectivity index (χ1v) is 8.54. The molecule has 0 bridgehead atoms. The minimum absolute atomic E-state index is 0.104. The average Bonchev–Trinajstić information content (AvgIpc) is 2.56. The minimum atomic E-state index is -0.115. The summed E-state index contributed by atoms with van der Waals surface area (Å²) in [7, 11) is 0. The van der Waals surface area contributed by atoms with Gasteiger partial charge in [0.25, 0.3) is 0 Å². The number of carbonyl (C=O) groups excluding carboxylic acids is 1. The number of nitrogens with zero attached hydrogens (tertiary/aromatic N) is 2. The zero-order chi connectivity index (χ0) is 18.2. The molecule has 25 heavy (non-hydrogen) atoms. The summed E-state index contributed by atoms with van der Waals surface area (Å²) in [4.78, 5) is 19.2. The summed E-state index contributed by atoms with van der Waals surface area (Å²) < 4.78 is 11.1. The Labute approximate surface area is 152 Å². The van der Waals surface area contributed by atoms with Crippen molar-refractivity contribution < 1.29 is 14.3 Å². The fraction of sp³-hybridized carbons (Fsp3) is 0.389. The van der Waals surface area contributed by atoms with Crippen LogP contribution < -0.4 is 14.8 Å². The smallest absolute Gasteiger partial charge is 0.238 e. The second kappa shape index (κ2) is 9.22. The Morgan fingerprint density at radius 2 is 2.00 bits per heavy atom. The van der Waals surface area contributed by atoms with E-state index in [4.69, 9.17) is 21.1 Å². The molecule has 0 fully saturated rings. The summed E-state index contributed by atoms with van der Waals surface area (Å²) >= 11 is 6.24. The highest BCUT2D eigenvalue weighted by Gasteiger charge is 2.08. The minimum Gasteiger partial charge on any atom is -0.474 e. The molecule has 1 heterocycles. The number of hydrogen-bond donors (Lipinski definition) is 1. The van der Waals surface area contributed by atoms with Crippen molar-refractivity contribution in [1.82, 2.24) is 15.3 Å². The van der Waals surface area contributed by atoms with Gasteiger partial charge in [-0.2, -0.15) is 0 Å². The Morgan fingerprint density at radius 3 is 2.60 bits per heavy atom. The van der Waals surface area contributed by atoms with Crippen LogP contribution in [0.25, 0.3) is 0 Å². The third kappa shape index (κ3) is 6.23. The second-order valence-corrected chi connectivity index (χ2v) is 6.13. The average molecular weight is 364 g/mol. The van der Waals surface area contributed by atoms with Gasteiger partial charge in [0.2, 0.25) is 17.7 Å². The normalized spacial score (nSPS) is 11.7. The van der Waals surface area contributed by atoms with Crippen molar-refractivity contribution in [1.29, 1.82) is 0 Å². The number of amides is 1. The molecule has 0 unspecified atom stereocenters. The van der Waals surface area contributed by atoms with Gasteiger partial charge in [-0.15, -0.1) is 0 Å². The van der Waals surface area contributed by atoms with Crippen molar-refractivity contribution in [3.63, 3.8) is 0 Å². The van der Waals surface area contributed by atoms with Crippen molar-refractivity contribution in [2.75, 3.05) is 6.61 Å². The van der Waals surface area contributed by atoms with Crippen LogP contribution >= 0.6 is 11.6 Å². The first-order valence-electron chi connectivity index (χ1n) is 8.16. The van der Waals surface area contributed by atoms with E-state index in [1.807, 2.05) is 25.1 Å². The molecule has 6 nitrogen and oxygen atoms in total. The van der Waals surface area contributed by atoms with Gasteiger partial charge in [-0.25, -0.2) is 9.97 Å². The van der Waals surface area contributed by atoms with E-state index in [1.165, 1.54) is 24.9 Å². The molecule has 0 aliphatic rings. The Kier molecular flexibility index (Phi) is 7.01. The Bertz CT molecular complexity index is 707. The number of aromatic nitrogens is 2. The van der Waals surface area contributed by atoms with Crippen molar-refractivity contribution in [3.8, 4) is 17.5 Å². The van der Waals surface area contributed by atoms with Crippen LogP contribution in [0.5, 0.6) is 17.5 Å². The molecule has 134 valence electrons. The highest BCUT2D eigenvalue weighted by Crippen LogP contribution is 2.29. The van der Waals surface area contributed by atoms with Crippen LogP contribution in [0.3, 0.4) is 0 Å². The van der Waals surface area contributed by atoms with Crippen LogP contribution in [-0.4, -0.2) is 28.5 Å². The monoisotopic (exact) mass is 363 g/mol. The van der Waals surface area contributed by atoms with E-state index in [1.54, 1.807) is 0 Å². The lowest BCUT2D eigenvalue weighted by atomic mass is 10.1. The highest BCUT2D eigenvalue weighted by molar-refractivity contribution is 6.32. The fourth-order valence-electron chi connectivity index (χ4n) is 2.21. The van der Waals surface area contributed by atoms with Gasteiger partial charge in [0.05, 0.1) is 23.5 Å². The van der Waals surface area contributed by atoms with Crippen LogP contribution in [0.2, 0.25) is 5.02 Å². The van der Waals surface area contributed by atoms with E-state index >= 15 is 0 Å². The van der Waals surface area contributed by atoms with Crippen LogP contribution in [-0.2, 0) is 11.2 Å². The zero-order valence-corrected chi connectivity index (χ0v) is 15.3. The largest absolute Gasteiger partial charge is 0.474 e. The van der Waals surface area contributed by atoms with Crippen LogP contribution in [0.4, 0.5) is 0 Å². The lowest BCUT2D eigenvalue weighted by molar-refractivity contribution is -0.119. The predicted molar refractivity (Wildman–Crippen MR) is 96.3 cm³/mol. The summed E-state index contributed by atoms with van der Waals surface area (Å²) in [6, 6.07) is 5.60. The van der Waals surface area contributed by atoms with Crippen LogP contribution in [0.15, 0.2) is 30.6 Å². The molecule has 0 radical (unpaired) electrons. The molecule has 0 spiro atoms. The highest BCUT2D eigenvalue weighted by atomic mass is 35.5. The van der Waals surface area contributed by atoms with Gasteiger partial charge in [0.1, 0.15) is 12.4 Å². The number of hydrogen-bond acceptors (Lipinski definition) is 5. The van der Waals surface area contributed by atoms with Gasteiger partial charge in [-0.3, -0.25) is 4.79 Å². The number of nitrogens with one attached hydrogen (secondary N) is 1. The maximum atomic E-state index is 10.9. The molecule has 1 amide bonds. The second-order valence-electron chi connectivity index (χ2n) is 5.72. The van der Waals surface area contributed by atoms with Crippen molar-refractivity contribution in [2.45, 2.75) is 39.7 Å². The molecular weight excluding hydrogens is 342 g/mol. The summed E-state index contributed by atoms with van der Waals surface area (Å²) in [6.45, 7) is 5.73. The number of ether oxygens (including phenoxy) is 2. The van der Waals surface area contributed by atoms with Gasteiger partial charge in [0.15, 0.2) is 0 Å². The number of rotatable bonds is 8. The third-order valence-corrected chi connectivity index (χ3v) is 3.58. The van der Waals surface area contributed by atoms with Crippen LogP contribution in [0, 0.1) is 0 Å². The summed E-state index contributed by atoms with van der Waals surface area (Å²) in [5, 5.41) is 3.26. The first kappa shape index (κ1) is 19.0. The SMILES string of the molecule is CCCc1ccc(Oc2cnc(OC[C@H](C)NC(C)=O)cn2)c(Cl)c1. The van der Waals surface area contributed by atoms with E-state index in [0.29, 0.717) is 29.1 Å². The van der Waals surface area contributed by atoms with Crippen molar-refractivity contribution in [2.24, 2.45) is 0 Å². The molecule has 1 aromatic carbocycles. The molecule has 2 rings (SSSR count). The molecular formula is C18H22ClN3O3. The van der Waals surface area contributed by atoms with E-state index < -0.39 is 0 Å². The number of halogens is 1. The first-order chi connectivity index (χ1) is 12.0. The molecule has 2 aromatic rings. The zero-order valence-electron chi connectivity index (χ0n) is 14.6. The maximum absolute atomic E-state index is 10.9. The number of benzene rings is 1. The molecule has 0 aliphatic heterocycles. The molecule has 1 N–H and O–H groups in total. The maximum Gasteiger partial charge on any atom is 0.238 e. The molecule has 0 saturated heterocycles. The van der Waals surface area contributed by atoms with E-state index in [0.717, 1.165) is 12.8 Å². The molecule has 1 aromatic heterocycles. The summed E-state index contributed by atoms with van der Waals surface area (Å²) in [5.74, 6) is 1.11. The van der Waals surface area contributed by atoms with Gasteiger partial charge < -0.3 is 14.8 Å². The quantitative estimate of drug-likeness (QED) is 0.772. The Morgan fingerprint density at radius 1 is 1.28 bits per heavy atom. The van der Waals surface area contributed by atoms with Gasteiger partial charge >= 0.3 is 0 Å². The molecule has 0 aliphatic carbocycles. The number of carbonyl (C=O) groups is 1. The van der Waals surface area contributed by atoms with Crippen molar-refractivity contribution in [3.05, 3.63) is 41.2 Å². The fourth-order valence-corrected chi connectivity index (χ4v) is 2.46. The predicted octanol–water partition coefficient (Wildman–Crippen LogP) is 3.78. The van der Waals surface area contributed by atoms with Gasteiger partial charge in [0, 0.05) is 6.92 Å².